The van der Waals surface area contributed by atoms with Crippen molar-refractivity contribution in [1.29, 1.82) is 0 Å². The van der Waals surface area contributed by atoms with Crippen molar-refractivity contribution in [2.45, 2.75) is 13.0 Å². The highest BCUT2D eigenvalue weighted by molar-refractivity contribution is 5.44. The largest absolute Gasteiger partial charge is 0.372 e. The fraction of sp³-hybridized carbons (Fsp3) is 0.250. The van der Waals surface area contributed by atoms with E-state index >= 15 is 0 Å². The molecule has 0 aliphatic heterocycles. The van der Waals surface area contributed by atoms with Crippen LogP contribution in [0.15, 0.2) is 18.3 Å². The van der Waals surface area contributed by atoms with Crippen LogP contribution in [-0.2, 0) is 0 Å². The number of aromatic amines is 1. The van der Waals surface area contributed by atoms with Crippen molar-refractivity contribution in [3.63, 3.8) is 0 Å². The molecule has 0 saturated carbocycles. The van der Waals surface area contributed by atoms with Crippen LogP contribution in [-0.4, -0.2) is 30.5 Å². The Kier molecular flexibility index (Phi) is 2.90. The van der Waals surface area contributed by atoms with Gasteiger partial charge in [-0.05, 0) is 22.9 Å². The minimum absolute atomic E-state index is 0.169. The summed E-state index contributed by atoms with van der Waals surface area (Å²) in [5.74, 6) is 0.311. The zero-order valence-electron chi connectivity index (χ0n) is 8.86. The van der Waals surface area contributed by atoms with Gasteiger partial charge >= 0.3 is 5.82 Å². The van der Waals surface area contributed by atoms with Gasteiger partial charge in [-0.15, -0.1) is 10.2 Å². The summed E-state index contributed by atoms with van der Waals surface area (Å²) in [6.45, 7) is 1.84. The van der Waals surface area contributed by atoms with Gasteiger partial charge in [0.15, 0.2) is 12.0 Å². The van der Waals surface area contributed by atoms with Crippen molar-refractivity contribution in [1.82, 2.24) is 25.6 Å². The van der Waals surface area contributed by atoms with Crippen LogP contribution in [0.2, 0.25) is 0 Å². The standard InChI is InChI=1S/C8H9N7O2/c1-5(8-11-13-14-12-8)10-6-2-3-7(9-4-6)15(16)17/h2-5,10H,1H3,(H,11,12,13,14). The molecular formula is C8H9N7O2. The first-order valence-corrected chi connectivity index (χ1v) is 4.77. The molecule has 0 amide bonds. The molecule has 2 aromatic rings. The van der Waals surface area contributed by atoms with Gasteiger partial charge in [0.05, 0.1) is 11.7 Å². The Balaban J connectivity index is 2.06. The lowest BCUT2D eigenvalue weighted by atomic mass is 10.3. The van der Waals surface area contributed by atoms with E-state index in [0.717, 1.165) is 0 Å². The lowest BCUT2D eigenvalue weighted by molar-refractivity contribution is -0.389. The number of hydrogen-bond acceptors (Lipinski definition) is 7. The summed E-state index contributed by atoms with van der Waals surface area (Å²) >= 11 is 0. The number of tetrazole rings is 1. The summed E-state index contributed by atoms with van der Waals surface area (Å²) in [6.07, 6.45) is 1.38. The number of hydrogen-bond donors (Lipinski definition) is 2. The molecule has 0 aromatic carbocycles. The van der Waals surface area contributed by atoms with Crippen LogP contribution in [0, 0.1) is 10.1 Å². The molecule has 9 nitrogen and oxygen atoms in total. The van der Waals surface area contributed by atoms with E-state index in [2.05, 4.69) is 30.9 Å². The van der Waals surface area contributed by atoms with Crippen LogP contribution in [0.1, 0.15) is 18.8 Å². The number of nitro groups is 1. The molecule has 88 valence electrons. The van der Waals surface area contributed by atoms with E-state index in [9.17, 15) is 10.1 Å². The van der Waals surface area contributed by atoms with E-state index in [4.69, 9.17) is 0 Å². The van der Waals surface area contributed by atoms with E-state index in [1.165, 1.54) is 12.3 Å². The monoisotopic (exact) mass is 235 g/mol. The number of pyridine rings is 1. The Morgan fingerprint density at radius 1 is 1.53 bits per heavy atom. The second-order valence-electron chi connectivity index (χ2n) is 3.30. The Hall–Kier alpha value is -2.58. The van der Waals surface area contributed by atoms with Crippen molar-refractivity contribution in [3.8, 4) is 0 Å². The Labute approximate surface area is 95.4 Å². The van der Waals surface area contributed by atoms with Crippen LogP contribution < -0.4 is 5.32 Å². The molecule has 2 rings (SSSR count). The van der Waals surface area contributed by atoms with Gasteiger partial charge in [-0.1, -0.05) is 5.21 Å². The fourth-order valence-corrected chi connectivity index (χ4v) is 1.25. The number of rotatable bonds is 4. The number of aromatic nitrogens is 5. The summed E-state index contributed by atoms with van der Waals surface area (Å²) < 4.78 is 0. The zero-order chi connectivity index (χ0) is 12.3. The molecule has 2 aromatic heterocycles. The van der Waals surface area contributed by atoms with Crippen molar-refractivity contribution < 1.29 is 4.92 Å². The third-order valence-electron chi connectivity index (χ3n) is 2.07. The van der Waals surface area contributed by atoms with Crippen molar-refractivity contribution in [2.24, 2.45) is 0 Å². The second-order valence-corrected chi connectivity index (χ2v) is 3.30. The predicted molar refractivity (Wildman–Crippen MR) is 57.1 cm³/mol. The third kappa shape index (κ3) is 2.51. The van der Waals surface area contributed by atoms with Crippen LogP contribution >= 0.6 is 0 Å². The molecular weight excluding hydrogens is 226 g/mol. The highest BCUT2D eigenvalue weighted by atomic mass is 16.6. The average Bonchev–Trinajstić information content (AvgIpc) is 2.83. The maximum absolute atomic E-state index is 10.4. The van der Waals surface area contributed by atoms with Crippen LogP contribution in [0.4, 0.5) is 11.5 Å². The van der Waals surface area contributed by atoms with Gasteiger partial charge in [-0.3, -0.25) is 0 Å². The molecule has 0 fully saturated rings. The number of H-pyrrole nitrogens is 1. The third-order valence-corrected chi connectivity index (χ3v) is 2.07. The lowest BCUT2D eigenvalue weighted by Gasteiger charge is -2.09. The highest BCUT2D eigenvalue weighted by Crippen LogP contribution is 2.16. The van der Waals surface area contributed by atoms with Gasteiger partial charge in [0.25, 0.3) is 0 Å². The van der Waals surface area contributed by atoms with Crippen molar-refractivity contribution >= 4 is 11.5 Å². The molecule has 17 heavy (non-hydrogen) atoms. The van der Waals surface area contributed by atoms with Crippen LogP contribution in [0.3, 0.4) is 0 Å². The van der Waals surface area contributed by atoms with Crippen LogP contribution in [0.25, 0.3) is 0 Å². The molecule has 0 radical (unpaired) electrons. The van der Waals surface area contributed by atoms with E-state index in [-0.39, 0.29) is 11.9 Å². The van der Waals surface area contributed by atoms with Crippen molar-refractivity contribution in [3.05, 3.63) is 34.3 Å². The topological polar surface area (TPSA) is 123 Å². The number of nitrogens with one attached hydrogen (secondary N) is 2. The summed E-state index contributed by atoms with van der Waals surface area (Å²) in [4.78, 5) is 13.5. The molecule has 1 atom stereocenters. The van der Waals surface area contributed by atoms with Crippen molar-refractivity contribution in [2.75, 3.05) is 5.32 Å². The normalized spacial score (nSPS) is 12.1. The first-order valence-electron chi connectivity index (χ1n) is 4.77. The van der Waals surface area contributed by atoms with Gasteiger partial charge < -0.3 is 15.4 Å². The lowest BCUT2D eigenvalue weighted by Crippen LogP contribution is -2.08. The maximum Gasteiger partial charge on any atom is 0.363 e. The summed E-state index contributed by atoms with van der Waals surface area (Å²) in [5.41, 5.74) is 0.646. The van der Waals surface area contributed by atoms with Gasteiger partial charge in [0.1, 0.15) is 0 Å². The SMILES string of the molecule is CC(Nc1ccc([N+](=O)[O-])nc1)c1nn[nH]n1. The van der Waals surface area contributed by atoms with Gasteiger partial charge in [0, 0.05) is 6.07 Å². The minimum atomic E-state index is -0.549. The smallest absolute Gasteiger partial charge is 0.363 e. The Bertz CT molecular complexity index is 495. The number of anilines is 1. The molecule has 0 bridgehead atoms. The molecule has 9 heteroatoms. The molecule has 0 aliphatic rings. The Morgan fingerprint density at radius 2 is 2.35 bits per heavy atom. The zero-order valence-corrected chi connectivity index (χ0v) is 8.86. The maximum atomic E-state index is 10.4. The van der Waals surface area contributed by atoms with Crippen LogP contribution in [0.5, 0.6) is 0 Å². The summed E-state index contributed by atoms with van der Waals surface area (Å²) in [5, 5.41) is 26.9. The Morgan fingerprint density at radius 3 is 2.88 bits per heavy atom. The highest BCUT2D eigenvalue weighted by Gasteiger charge is 2.12. The second kappa shape index (κ2) is 4.51. The first-order chi connectivity index (χ1) is 8.16. The summed E-state index contributed by atoms with van der Waals surface area (Å²) in [6, 6.07) is 2.73. The fourth-order valence-electron chi connectivity index (χ4n) is 1.25. The number of nitrogens with zero attached hydrogens (tertiary/aromatic N) is 5. The van der Waals surface area contributed by atoms with Gasteiger partial charge in [0.2, 0.25) is 0 Å². The first kappa shape index (κ1) is 10.9. The van der Waals surface area contributed by atoms with Gasteiger partial charge in [-0.2, -0.15) is 5.21 Å². The molecule has 2 heterocycles. The molecule has 2 N–H and O–H groups in total. The average molecular weight is 235 g/mol. The minimum Gasteiger partial charge on any atom is -0.372 e. The predicted octanol–water partition coefficient (Wildman–Crippen LogP) is 0.676. The summed E-state index contributed by atoms with van der Waals surface area (Å²) in [7, 11) is 0. The molecule has 0 spiro atoms. The van der Waals surface area contributed by atoms with Gasteiger partial charge in [-0.25, -0.2) is 0 Å². The van der Waals surface area contributed by atoms with E-state index < -0.39 is 4.92 Å². The molecule has 1 unspecified atom stereocenters. The molecule has 0 aliphatic carbocycles. The van der Waals surface area contributed by atoms with E-state index in [1.807, 2.05) is 6.92 Å². The van der Waals surface area contributed by atoms with E-state index in [1.54, 1.807) is 6.07 Å². The van der Waals surface area contributed by atoms with E-state index in [0.29, 0.717) is 11.5 Å². The quantitative estimate of drug-likeness (QED) is 0.589. The molecule has 0 saturated heterocycles.